The number of esters is 1. The Balaban J connectivity index is 1.54. The zero-order valence-electron chi connectivity index (χ0n) is 16.3. The third-order valence-corrected chi connectivity index (χ3v) is 4.81. The molecule has 1 aliphatic rings. The second kappa shape index (κ2) is 8.05. The van der Waals surface area contributed by atoms with Gasteiger partial charge in [0.2, 0.25) is 0 Å². The minimum Gasteiger partial charge on any atom is -0.463 e. The third kappa shape index (κ3) is 4.14. The predicted molar refractivity (Wildman–Crippen MR) is 106 cm³/mol. The highest BCUT2D eigenvalue weighted by Crippen LogP contribution is 2.25. The van der Waals surface area contributed by atoms with Gasteiger partial charge in [-0.1, -0.05) is 18.2 Å². The van der Waals surface area contributed by atoms with Crippen LogP contribution in [0.3, 0.4) is 0 Å². The summed E-state index contributed by atoms with van der Waals surface area (Å²) in [6, 6.07) is 12.5. The monoisotopic (exact) mass is 394 g/mol. The van der Waals surface area contributed by atoms with Crippen molar-refractivity contribution in [2.75, 3.05) is 19.7 Å². The van der Waals surface area contributed by atoms with Crippen molar-refractivity contribution in [2.24, 2.45) is 0 Å². The zero-order valence-corrected chi connectivity index (χ0v) is 16.3. The molecule has 3 heterocycles. The number of rotatable bonds is 4. The molecule has 4 rings (SSSR count). The maximum atomic E-state index is 12.8. The number of hydrogen-bond acceptors (Lipinski definition) is 6. The molecule has 2 atom stereocenters. The first-order valence-electron chi connectivity index (χ1n) is 9.55. The lowest BCUT2D eigenvalue weighted by atomic mass is 10.1. The SMILES string of the molecule is C[C@@H]1CN(C(=O)COC(=O)c2cc(-c3ccco3)nc3ccccc23)C[C@H](C)O1. The number of furan rings is 1. The van der Waals surface area contributed by atoms with Crippen molar-refractivity contribution in [2.45, 2.75) is 26.1 Å². The first kappa shape index (κ1) is 19.1. The molecule has 1 fully saturated rings. The molecule has 0 radical (unpaired) electrons. The van der Waals surface area contributed by atoms with Gasteiger partial charge in [0.15, 0.2) is 12.4 Å². The number of aromatic nitrogens is 1. The Labute approximate surface area is 168 Å². The van der Waals surface area contributed by atoms with E-state index in [0.717, 1.165) is 0 Å². The van der Waals surface area contributed by atoms with Crippen molar-refractivity contribution in [3.05, 3.63) is 54.3 Å². The predicted octanol–water partition coefficient (Wildman–Crippen LogP) is 3.29. The lowest BCUT2D eigenvalue weighted by molar-refractivity contribution is -0.146. The molecule has 1 aliphatic heterocycles. The van der Waals surface area contributed by atoms with Crippen LogP contribution in [-0.4, -0.2) is 53.7 Å². The molecule has 3 aromatic rings. The van der Waals surface area contributed by atoms with Crippen LogP contribution in [0.25, 0.3) is 22.4 Å². The molecule has 0 spiro atoms. The highest BCUT2D eigenvalue weighted by Gasteiger charge is 2.27. The van der Waals surface area contributed by atoms with E-state index >= 15 is 0 Å². The third-order valence-electron chi connectivity index (χ3n) is 4.81. The standard InChI is InChI=1S/C22H22N2O5/c1-14-11-24(12-15(2)29-14)21(25)13-28-22(26)17-10-19(20-8-5-9-27-20)23-18-7-4-3-6-16(17)18/h3-10,14-15H,11-13H2,1-2H3/t14-,15+. The van der Waals surface area contributed by atoms with Crippen LogP contribution in [0.5, 0.6) is 0 Å². The molecule has 0 bridgehead atoms. The number of hydrogen-bond donors (Lipinski definition) is 0. The van der Waals surface area contributed by atoms with Gasteiger partial charge in [-0.05, 0) is 38.1 Å². The summed E-state index contributed by atoms with van der Waals surface area (Å²) in [5.41, 5.74) is 1.52. The van der Waals surface area contributed by atoms with E-state index in [4.69, 9.17) is 13.9 Å². The number of para-hydroxylation sites is 1. The summed E-state index contributed by atoms with van der Waals surface area (Å²) in [6.07, 6.45) is 1.46. The van der Waals surface area contributed by atoms with E-state index in [9.17, 15) is 9.59 Å². The number of benzene rings is 1. The van der Waals surface area contributed by atoms with Gasteiger partial charge in [0.25, 0.3) is 5.91 Å². The molecule has 7 nitrogen and oxygen atoms in total. The summed E-state index contributed by atoms with van der Waals surface area (Å²) >= 11 is 0. The second-order valence-electron chi connectivity index (χ2n) is 7.18. The summed E-state index contributed by atoms with van der Waals surface area (Å²) in [5.74, 6) is -0.249. The Hall–Kier alpha value is -3.19. The molecule has 1 amide bonds. The molecule has 1 aromatic carbocycles. The van der Waals surface area contributed by atoms with Crippen molar-refractivity contribution in [1.29, 1.82) is 0 Å². The molecule has 0 aliphatic carbocycles. The first-order valence-corrected chi connectivity index (χ1v) is 9.55. The van der Waals surface area contributed by atoms with Gasteiger partial charge in [-0.15, -0.1) is 0 Å². The van der Waals surface area contributed by atoms with Crippen molar-refractivity contribution >= 4 is 22.8 Å². The molecular weight excluding hydrogens is 372 g/mol. The Morgan fingerprint density at radius 1 is 1.14 bits per heavy atom. The largest absolute Gasteiger partial charge is 0.463 e. The summed E-state index contributed by atoms with van der Waals surface area (Å²) in [6.45, 7) is 4.50. The van der Waals surface area contributed by atoms with Crippen LogP contribution in [0.15, 0.2) is 53.1 Å². The van der Waals surface area contributed by atoms with Crippen molar-refractivity contribution < 1.29 is 23.5 Å². The van der Waals surface area contributed by atoms with Gasteiger partial charge in [-0.3, -0.25) is 4.79 Å². The van der Waals surface area contributed by atoms with Gasteiger partial charge in [0, 0.05) is 18.5 Å². The maximum absolute atomic E-state index is 12.8. The van der Waals surface area contributed by atoms with Gasteiger partial charge >= 0.3 is 5.97 Å². The molecule has 1 saturated heterocycles. The van der Waals surface area contributed by atoms with Gasteiger partial charge in [0.05, 0.1) is 29.6 Å². The fourth-order valence-corrected chi connectivity index (χ4v) is 3.57. The van der Waals surface area contributed by atoms with Crippen LogP contribution < -0.4 is 0 Å². The highest BCUT2D eigenvalue weighted by atomic mass is 16.5. The van der Waals surface area contributed by atoms with Crippen LogP contribution in [0.2, 0.25) is 0 Å². The van der Waals surface area contributed by atoms with Crippen LogP contribution >= 0.6 is 0 Å². The maximum Gasteiger partial charge on any atom is 0.339 e. The molecule has 29 heavy (non-hydrogen) atoms. The minimum atomic E-state index is -0.570. The summed E-state index contributed by atoms with van der Waals surface area (Å²) in [4.78, 5) is 31.6. The zero-order chi connectivity index (χ0) is 20.4. The Kier molecular flexibility index (Phi) is 5.31. The Bertz CT molecular complexity index is 1020. The van der Waals surface area contributed by atoms with Crippen LogP contribution in [0.1, 0.15) is 24.2 Å². The van der Waals surface area contributed by atoms with E-state index < -0.39 is 5.97 Å². The van der Waals surface area contributed by atoms with Gasteiger partial charge in [0.1, 0.15) is 5.69 Å². The van der Waals surface area contributed by atoms with Gasteiger partial charge < -0.3 is 18.8 Å². The lowest BCUT2D eigenvalue weighted by Gasteiger charge is -2.35. The molecule has 0 unspecified atom stereocenters. The summed E-state index contributed by atoms with van der Waals surface area (Å²) in [5, 5.41) is 0.661. The smallest absolute Gasteiger partial charge is 0.339 e. The van der Waals surface area contributed by atoms with Crippen LogP contribution in [0.4, 0.5) is 0 Å². The number of pyridine rings is 1. The molecule has 150 valence electrons. The summed E-state index contributed by atoms with van der Waals surface area (Å²) < 4.78 is 16.4. The number of morpholine rings is 1. The van der Waals surface area contributed by atoms with Crippen molar-refractivity contribution in [3.8, 4) is 11.5 Å². The lowest BCUT2D eigenvalue weighted by Crippen LogP contribution is -2.49. The molecule has 0 N–H and O–H groups in total. The fourth-order valence-electron chi connectivity index (χ4n) is 3.57. The van der Waals surface area contributed by atoms with Gasteiger partial charge in [-0.2, -0.15) is 0 Å². The van der Waals surface area contributed by atoms with Crippen LogP contribution in [0, 0.1) is 0 Å². The average Bonchev–Trinajstić information content (AvgIpc) is 3.25. The van der Waals surface area contributed by atoms with Crippen molar-refractivity contribution in [3.63, 3.8) is 0 Å². The first-order chi connectivity index (χ1) is 14.0. The minimum absolute atomic E-state index is 0.0432. The number of fused-ring (bicyclic) bond motifs is 1. The highest BCUT2D eigenvalue weighted by molar-refractivity contribution is 6.05. The number of amides is 1. The van der Waals surface area contributed by atoms with E-state index in [0.29, 0.717) is 41.0 Å². The van der Waals surface area contributed by atoms with E-state index in [-0.39, 0.29) is 24.7 Å². The Morgan fingerprint density at radius 2 is 1.90 bits per heavy atom. The summed E-state index contributed by atoms with van der Waals surface area (Å²) in [7, 11) is 0. The molecule has 2 aromatic heterocycles. The number of carbonyl (C=O) groups is 2. The van der Waals surface area contributed by atoms with Crippen LogP contribution in [-0.2, 0) is 14.3 Å². The van der Waals surface area contributed by atoms with E-state index in [1.807, 2.05) is 32.0 Å². The van der Waals surface area contributed by atoms with E-state index in [1.54, 1.807) is 35.4 Å². The topological polar surface area (TPSA) is 81.9 Å². The quantitative estimate of drug-likeness (QED) is 0.632. The Morgan fingerprint density at radius 3 is 2.62 bits per heavy atom. The molecular formula is C22H22N2O5. The normalized spacial score (nSPS) is 19.3. The second-order valence-corrected chi connectivity index (χ2v) is 7.18. The fraction of sp³-hybridized carbons (Fsp3) is 0.318. The van der Waals surface area contributed by atoms with E-state index in [2.05, 4.69) is 4.98 Å². The van der Waals surface area contributed by atoms with Gasteiger partial charge in [-0.25, -0.2) is 9.78 Å². The van der Waals surface area contributed by atoms with Crippen molar-refractivity contribution in [1.82, 2.24) is 9.88 Å². The average molecular weight is 394 g/mol. The molecule has 7 heteroatoms. The number of ether oxygens (including phenoxy) is 2. The number of nitrogens with zero attached hydrogens (tertiary/aromatic N) is 2. The molecule has 0 saturated carbocycles. The van der Waals surface area contributed by atoms with E-state index in [1.165, 1.54) is 0 Å². The number of carbonyl (C=O) groups excluding carboxylic acids is 2.